The van der Waals surface area contributed by atoms with Crippen LogP contribution in [0.15, 0.2) is 42.6 Å². The molecule has 2 aromatic rings. The number of amides is 1. The summed E-state index contributed by atoms with van der Waals surface area (Å²) >= 11 is 0. The van der Waals surface area contributed by atoms with Gasteiger partial charge in [-0.05, 0) is 50.4 Å². The molecule has 0 atom stereocenters. The van der Waals surface area contributed by atoms with E-state index in [4.69, 9.17) is 4.74 Å². The van der Waals surface area contributed by atoms with E-state index in [-0.39, 0.29) is 5.91 Å². The Bertz CT molecular complexity index is 710. The van der Waals surface area contributed by atoms with Crippen molar-refractivity contribution in [2.45, 2.75) is 6.92 Å². The van der Waals surface area contributed by atoms with Crippen LogP contribution in [0.4, 0.5) is 11.4 Å². The van der Waals surface area contributed by atoms with Crippen molar-refractivity contribution in [3.05, 3.63) is 48.3 Å². The van der Waals surface area contributed by atoms with Crippen LogP contribution in [0.25, 0.3) is 0 Å². The molecule has 1 aliphatic heterocycles. The number of piperazine rings is 1. The lowest BCUT2D eigenvalue weighted by Crippen LogP contribution is -2.47. The Morgan fingerprint density at radius 2 is 1.84 bits per heavy atom. The van der Waals surface area contributed by atoms with E-state index in [0.717, 1.165) is 43.3 Å². The Morgan fingerprint density at radius 3 is 2.52 bits per heavy atom. The van der Waals surface area contributed by atoms with Crippen molar-refractivity contribution >= 4 is 17.3 Å². The summed E-state index contributed by atoms with van der Waals surface area (Å²) in [6.07, 6.45) is 1.67. The number of pyridine rings is 1. The minimum absolute atomic E-state index is 0.0107. The summed E-state index contributed by atoms with van der Waals surface area (Å²) in [7, 11) is 2.07. The second kappa shape index (κ2) is 7.98. The maximum Gasteiger partial charge on any atom is 0.272 e. The fraction of sp³-hybridized carbons (Fsp3) is 0.368. The Labute approximate surface area is 148 Å². The summed E-state index contributed by atoms with van der Waals surface area (Å²) in [4.78, 5) is 21.0. The van der Waals surface area contributed by atoms with Crippen molar-refractivity contribution in [1.82, 2.24) is 14.8 Å². The van der Waals surface area contributed by atoms with Crippen LogP contribution in [-0.2, 0) is 0 Å². The normalized spacial score (nSPS) is 15.0. The van der Waals surface area contributed by atoms with E-state index in [2.05, 4.69) is 22.2 Å². The van der Waals surface area contributed by atoms with Crippen molar-refractivity contribution in [1.29, 1.82) is 0 Å². The SMILES string of the molecule is CCOc1ccc(Nc2ccnc(C(=O)N3CCN(C)CC3)c2)cc1. The topological polar surface area (TPSA) is 57.7 Å². The van der Waals surface area contributed by atoms with E-state index < -0.39 is 0 Å². The molecule has 0 aliphatic carbocycles. The van der Waals surface area contributed by atoms with Crippen LogP contribution in [0.1, 0.15) is 17.4 Å². The molecule has 132 valence electrons. The van der Waals surface area contributed by atoms with Crippen molar-refractivity contribution in [3.8, 4) is 5.75 Å². The van der Waals surface area contributed by atoms with Gasteiger partial charge in [-0.3, -0.25) is 9.78 Å². The second-order valence-electron chi connectivity index (χ2n) is 6.11. The number of anilines is 2. The fourth-order valence-corrected chi connectivity index (χ4v) is 2.76. The Balaban J connectivity index is 1.67. The molecule has 1 aromatic heterocycles. The molecule has 25 heavy (non-hydrogen) atoms. The van der Waals surface area contributed by atoms with Crippen LogP contribution in [0.5, 0.6) is 5.75 Å². The maximum absolute atomic E-state index is 12.6. The molecule has 1 amide bonds. The quantitative estimate of drug-likeness (QED) is 0.907. The monoisotopic (exact) mass is 340 g/mol. The van der Waals surface area contributed by atoms with E-state index in [1.165, 1.54) is 0 Å². The molecular weight excluding hydrogens is 316 g/mol. The number of likely N-dealkylation sites (N-methyl/N-ethyl adjacent to an activating group) is 1. The zero-order valence-corrected chi connectivity index (χ0v) is 14.7. The molecule has 0 spiro atoms. The number of rotatable bonds is 5. The molecule has 2 heterocycles. The molecule has 3 rings (SSSR count). The first-order valence-electron chi connectivity index (χ1n) is 8.59. The first-order chi connectivity index (χ1) is 12.2. The number of nitrogens with zero attached hydrogens (tertiary/aromatic N) is 3. The summed E-state index contributed by atoms with van der Waals surface area (Å²) < 4.78 is 5.44. The summed E-state index contributed by atoms with van der Waals surface area (Å²) in [6.45, 7) is 5.89. The molecular formula is C19H24N4O2. The highest BCUT2D eigenvalue weighted by atomic mass is 16.5. The van der Waals surface area contributed by atoms with Crippen LogP contribution in [-0.4, -0.2) is 60.5 Å². The van der Waals surface area contributed by atoms with Crippen molar-refractivity contribution < 1.29 is 9.53 Å². The lowest BCUT2D eigenvalue weighted by atomic mass is 10.2. The van der Waals surface area contributed by atoms with Gasteiger partial charge in [0.25, 0.3) is 5.91 Å². The zero-order chi connectivity index (χ0) is 17.6. The number of hydrogen-bond donors (Lipinski definition) is 1. The first-order valence-corrected chi connectivity index (χ1v) is 8.59. The van der Waals surface area contributed by atoms with Gasteiger partial charge in [0, 0.05) is 43.8 Å². The van der Waals surface area contributed by atoms with Gasteiger partial charge >= 0.3 is 0 Å². The van der Waals surface area contributed by atoms with Crippen LogP contribution < -0.4 is 10.1 Å². The zero-order valence-electron chi connectivity index (χ0n) is 14.7. The number of ether oxygens (including phenoxy) is 1. The van der Waals surface area contributed by atoms with E-state index in [9.17, 15) is 4.79 Å². The molecule has 0 radical (unpaired) electrons. The van der Waals surface area contributed by atoms with E-state index in [1.807, 2.05) is 42.2 Å². The number of carbonyl (C=O) groups is 1. The number of benzene rings is 1. The van der Waals surface area contributed by atoms with E-state index in [0.29, 0.717) is 12.3 Å². The molecule has 1 saturated heterocycles. The third kappa shape index (κ3) is 4.48. The summed E-state index contributed by atoms with van der Waals surface area (Å²) in [5.41, 5.74) is 2.25. The van der Waals surface area contributed by atoms with Crippen LogP contribution in [0, 0.1) is 0 Å². The minimum atomic E-state index is -0.0107. The second-order valence-corrected chi connectivity index (χ2v) is 6.11. The lowest BCUT2D eigenvalue weighted by Gasteiger charge is -2.32. The van der Waals surface area contributed by atoms with Gasteiger partial charge in [-0.2, -0.15) is 0 Å². The predicted molar refractivity (Wildman–Crippen MR) is 98.5 cm³/mol. The third-order valence-electron chi connectivity index (χ3n) is 4.22. The van der Waals surface area contributed by atoms with Crippen LogP contribution >= 0.6 is 0 Å². The van der Waals surface area contributed by atoms with Gasteiger partial charge < -0.3 is 19.9 Å². The molecule has 1 aromatic carbocycles. The Morgan fingerprint density at radius 1 is 1.12 bits per heavy atom. The molecule has 1 fully saturated rings. The van der Waals surface area contributed by atoms with Crippen LogP contribution in [0.3, 0.4) is 0 Å². The Hall–Kier alpha value is -2.60. The third-order valence-corrected chi connectivity index (χ3v) is 4.22. The first kappa shape index (κ1) is 17.2. The Kier molecular flexibility index (Phi) is 5.50. The lowest BCUT2D eigenvalue weighted by molar-refractivity contribution is 0.0658. The predicted octanol–water partition coefficient (Wildman–Crippen LogP) is 2.61. The molecule has 1 N–H and O–H groups in total. The molecule has 0 unspecified atom stereocenters. The van der Waals surface area contributed by atoms with Crippen molar-refractivity contribution in [3.63, 3.8) is 0 Å². The summed E-state index contributed by atoms with van der Waals surface area (Å²) in [5, 5.41) is 3.30. The molecule has 6 heteroatoms. The average Bonchev–Trinajstić information content (AvgIpc) is 2.64. The van der Waals surface area contributed by atoms with Gasteiger partial charge in [-0.25, -0.2) is 0 Å². The highest BCUT2D eigenvalue weighted by Gasteiger charge is 2.21. The number of carbonyl (C=O) groups excluding carboxylic acids is 1. The van der Waals surface area contributed by atoms with Gasteiger partial charge in [0.2, 0.25) is 0 Å². The van der Waals surface area contributed by atoms with Gasteiger partial charge in [0.1, 0.15) is 11.4 Å². The summed E-state index contributed by atoms with van der Waals surface area (Å²) in [6, 6.07) is 11.4. The standard InChI is InChI=1S/C19H24N4O2/c1-3-25-17-6-4-15(5-7-17)21-16-8-9-20-18(14-16)19(24)23-12-10-22(2)11-13-23/h4-9,14H,3,10-13H2,1-2H3,(H,20,21). The molecule has 1 aliphatic rings. The number of nitrogens with one attached hydrogen (secondary N) is 1. The summed E-state index contributed by atoms with van der Waals surface area (Å²) in [5.74, 6) is 0.831. The van der Waals surface area contributed by atoms with Crippen molar-refractivity contribution in [2.75, 3.05) is 45.2 Å². The number of aromatic nitrogens is 1. The molecule has 6 nitrogen and oxygen atoms in total. The maximum atomic E-state index is 12.6. The minimum Gasteiger partial charge on any atom is -0.494 e. The molecule has 0 bridgehead atoms. The van der Waals surface area contributed by atoms with Crippen molar-refractivity contribution in [2.24, 2.45) is 0 Å². The highest BCUT2D eigenvalue weighted by Crippen LogP contribution is 2.20. The van der Waals surface area contributed by atoms with Gasteiger partial charge in [0.15, 0.2) is 0 Å². The number of hydrogen-bond acceptors (Lipinski definition) is 5. The van der Waals surface area contributed by atoms with E-state index >= 15 is 0 Å². The largest absolute Gasteiger partial charge is 0.494 e. The smallest absolute Gasteiger partial charge is 0.272 e. The van der Waals surface area contributed by atoms with Crippen LogP contribution in [0.2, 0.25) is 0 Å². The molecule has 0 saturated carbocycles. The van der Waals surface area contributed by atoms with Gasteiger partial charge in [-0.15, -0.1) is 0 Å². The average molecular weight is 340 g/mol. The van der Waals surface area contributed by atoms with Gasteiger partial charge in [0.05, 0.1) is 6.61 Å². The highest BCUT2D eigenvalue weighted by molar-refractivity contribution is 5.93. The van der Waals surface area contributed by atoms with E-state index in [1.54, 1.807) is 12.3 Å². The van der Waals surface area contributed by atoms with Gasteiger partial charge in [-0.1, -0.05) is 0 Å². The fourth-order valence-electron chi connectivity index (χ4n) is 2.76.